The third-order valence-electron chi connectivity index (χ3n) is 1.50. The summed E-state index contributed by atoms with van der Waals surface area (Å²) < 4.78 is 4.82. The highest BCUT2D eigenvalue weighted by molar-refractivity contribution is 8.19. The van der Waals surface area contributed by atoms with Crippen LogP contribution in [0.2, 0.25) is 0 Å². The van der Waals surface area contributed by atoms with Gasteiger partial charge in [0.05, 0.1) is 12.9 Å². The number of carbonyl (C=O) groups is 2. The molecule has 5 heteroatoms. The molecule has 2 unspecified atom stereocenters. The topological polar surface area (TPSA) is 43.4 Å². The lowest BCUT2D eigenvalue weighted by molar-refractivity contribution is -0.142. The predicted molar refractivity (Wildman–Crippen MR) is 50.3 cm³/mol. The Morgan fingerprint density at radius 2 is 2.33 bits per heavy atom. The Labute approximate surface area is 79.6 Å². The van der Waals surface area contributed by atoms with Crippen molar-refractivity contribution in [3.05, 3.63) is 0 Å². The summed E-state index contributed by atoms with van der Waals surface area (Å²) in [5, 5.41) is -0.591. The largest absolute Gasteiger partial charge is 0.468 e. The normalized spacial score (nSPS) is 30.0. The van der Waals surface area contributed by atoms with Gasteiger partial charge in [0.25, 0.3) is 0 Å². The van der Waals surface area contributed by atoms with Crippen LogP contribution in [0.4, 0.5) is 0 Å². The van der Waals surface area contributed by atoms with Crippen molar-refractivity contribution in [1.82, 2.24) is 0 Å². The van der Waals surface area contributed by atoms with E-state index in [2.05, 4.69) is 4.74 Å². The first-order valence-corrected chi connectivity index (χ1v) is 5.52. The van der Waals surface area contributed by atoms with Crippen LogP contribution in [0.15, 0.2) is 0 Å². The van der Waals surface area contributed by atoms with Crippen molar-refractivity contribution in [1.29, 1.82) is 0 Å². The predicted octanol–water partition coefficient (Wildman–Crippen LogP) is 0.923. The number of rotatable bonds is 1. The molecule has 68 valence electrons. The number of methoxy groups -OCH3 is 1. The zero-order valence-electron chi connectivity index (χ0n) is 6.90. The number of ketones is 1. The third-order valence-corrected chi connectivity index (χ3v) is 4.27. The maximum Gasteiger partial charge on any atom is 0.326 e. The molecule has 0 bridgehead atoms. The Bertz CT molecular complexity index is 197. The highest BCUT2D eigenvalue weighted by Gasteiger charge is 2.33. The van der Waals surface area contributed by atoms with Gasteiger partial charge in [0.15, 0.2) is 11.0 Å². The highest BCUT2D eigenvalue weighted by Crippen LogP contribution is 2.33. The Balaban J connectivity index is 2.60. The van der Waals surface area contributed by atoms with E-state index in [0.717, 1.165) is 0 Å². The van der Waals surface area contributed by atoms with Crippen molar-refractivity contribution < 1.29 is 14.3 Å². The van der Waals surface area contributed by atoms with Gasteiger partial charge in [-0.15, -0.1) is 23.5 Å². The molecular formula is C7H10O3S2. The number of esters is 1. The molecule has 0 aromatic carbocycles. The molecule has 1 aliphatic rings. The van der Waals surface area contributed by atoms with Gasteiger partial charge in [-0.25, -0.2) is 0 Å². The quantitative estimate of drug-likeness (QED) is 0.471. The van der Waals surface area contributed by atoms with Crippen LogP contribution < -0.4 is 0 Å². The molecule has 0 radical (unpaired) electrons. The first-order valence-electron chi connectivity index (χ1n) is 3.52. The van der Waals surface area contributed by atoms with Crippen molar-refractivity contribution in [2.45, 2.75) is 16.8 Å². The van der Waals surface area contributed by atoms with Crippen LogP contribution in [0.3, 0.4) is 0 Å². The lowest BCUT2D eigenvalue weighted by Gasteiger charge is -2.22. The number of Topliss-reactive ketones (excluding diaryl/α,β-unsaturated/α-hetero) is 1. The minimum atomic E-state index is -0.591. The fourth-order valence-electron chi connectivity index (χ4n) is 0.876. The van der Waals surface area contributed by atoms with E-state index in [-0.39, 0.29) is 5.78 Å². The van der Waals surface area contributed by atoms with Crippen molar-refractivity contribution in [3.63, 3.8) is 0 Å². The molecule has 1 saturated heterocycles. The van der Waals surface area contributed by atoms with E-state index in [1.54, 1.807) is 11.8 Å². The smallest absolute Gasteiger partial charge is 0.326 e. The summed E-state index contributed by atoms with van der Waals surface area (Å²) in [7, 11) is 1.31. The zero-order chi connectivity index (χ0) is 9.14. The van der Waals surface area contributed by atoms with Gasteiger partial charge in [-0.3, -0.25) is 9.59 Å². The van der Waals surface area contributed by atoms with Crippen molar-refractivity contribution in [2.75, 3.05) is 12.9 Å². The van der Waals surface area contributed by atoms with E-state index in [4.69, 9.17) is 0 Å². The van der Waals surface area contributed by atoms with E-state index in [9.17, 15) is 9.59 Å². The Morgan fingerprint density at radius 1 is 1.67 bits per heavy atom. The molecule has 0 spiro atoms. The summed E-state index contributed by atoms with van der Waals surface area (Å²) in [6, 6.07) is 0. The van der Waals surface area contributed by atoms with Gasteiger partial charge in [-0.05, 0) is 6.92 Å². The molecule has 1 rings (SSSR count). The Kier molecular flexibility index (Phi) is 3.46. The number of ether oxygens (including phenoxy) is 1. The third kappa shape index (κ3) is 2.17. The van der Waals surface area contributed by atoms with E-state index in [1.165, 1.54) is 18.9 Å². The molecule has 1 heterocycles. The number of thioether (sulfide) groups is 2. The van der Waals surface area contributed by atoms with Crippen LogP contribution in [0, 0.1) is 0 Å². The average Bonchev–Trinajstić information content (AvgIpc) is 2.08. The first-order chi connectivity index (χ1) is 5.65. The van der Waals surface area contributed by atoms with Crippen LogP contribution in [-0.4, -0.2) is 34.4 Å². The van der Waals surface area contributed by atoms with Crippen LogP contribution in [0.1, 0.15) is 6.92 Å². The number of hydrogen-bond donors (Lipinski definition) is 0. The van der Waals surface area contributed by atoms with Crippen molar-refractivity contribution >= 4 is 35.3 Å². The summed E-state index contributed by atoms with van der Waals surface area (Å²) in [5.74, 6) is -0.0272. The van der Waals surface area contributed by atoms with E-state index in [1.807, 2.05) is 6.92 Å². The molecular weight excluding hydrogens is 196 g/mol. The Hall–Kier alpha value is -0.160. The molecule has 0 aliphatic carbocycles. The first kappa shape index (κ1) is 9.92. The van der Waals surface area contributed by atoms with Crippen LogP contribution in [0.25, 0.3) is 0 Å². The van der Waals surface area contributed by atoms with Gasteiger partial charge in [0, 0.05) is 4.58 Å². The second kappa shape index (κ2) is 4.18. The number of carbonyl (C=O) groups excluding carboxylic acids is 2. The fourth-order valence-corrected chi connectivity index (χ4v) is 3.22. The molecule has 0 aromatic rings. The van der Waals surface area contributed by atoms with E-state index >= 15 is 0 Å². The molecule has 0 amide bonds. The minimum absolute atomic E-state index is 0.0325. The second-order valence-corrected chi connectivity index (χ2v) is 5.46. The molecule has 2 atom stereocenters. The molecule has 0 saturated carbocycles. The molecule has 1 fully saturated rings. The molecule has 3 nitrogen and oxygen atoms in total. The Morgan fingerprint density at radius 3 is 2.92 bits per heavy atom. The molecule has 0 N–H and O–H groups in total. The van der Waals surface area contributed by atoms with Gasteiger partial charge in [0.1, 0.15) is 0 Å². The lowest BCUT2D eigenvalue weighted by atomic mass is 10.3. The second-order valence-electron chi connectivity index (χ2n) is 2.38. The average molecular weight is 206 g/mol. The van der Waals surface area contributed by atoms with Crippen LogP contribution >= 0.6 is 23.5 Å². The SMILES string of the molecule is COC(=O)C1SC(C)SCC1=O. The van der Waals surface area contributed by atoms with Gasteiger partial charge < -0.3 is 4.74 Å². The molecule has 1 aliphatic heterocycles. The van der Waals surface area contributed by atoms with Crippen LogP contribution in [0.5, 0.6) is 0 Å². The van der Waals surface area contributed by atoms with E-state index in [0.29, 0.717) is 10.3 Å². The van der Waals surface area contributed by atoms with Crippen LogP contribution in [-0.2, 0) is 14.3 Å². The lowest BCUT2D eigenvalue weighted by Crippen LogP contribution is -2.34. The summed E-state index contributed by atoms with van der Waals surface area (Å²) in [6.07, 6.45) is 0. The van der Waals surface area contributed by atoms with Gasteiger partial charge in [0.2, 0.25) is 0 Å². The maximum atomic E-state index is 11.2. The number of hydrogen-bond acceptors (Lipinski definition) is 5. The molecule has 0 aromatic heterocycles. The highest BCUT2D eigenvalue weighted by atomic mass is 32.2. The van der Waals surface area contributed by atoms with Gasteiger partial charge >= 0.3 is 5.97 Å². The van der Waals surface area contributed by atoms with E-state index < -0.39 is 11.2 Å². The minimum Gasteiger partial charge on any atom is -0.468 e. The van der Waals surface area contributed by atoms with Crippen molar-refractivity contribution in [3.8, 4) is 0 Å². The fraction of sp³-hybridized carbons (Fsp3) is 0.714. The summed E-state index contributed by atoms with van der Waals surface area (Å²) in [5.41, 5.74) is 0. The van der Waals surface area contributed by atoms with Gasteiger partial charge in [-0.1, -0.05) is 0 Å². The van der Waals surface area contributed by atoms with Crippen molar-refractivity contribution in [2.24, 2.45) is 0 Å². The zero-order valence-corrected chi connectivity index (χ0v) is 8.54. The van der Waals surface area contributed by atoms with Gasteiger partial charge in [-0.2, -0.15) is 0 Å². The maximum absolute atomic E-state index is 11.2. The summed E-state index contributed by atoms with van der Waals surface area (Å²) >= 11 is 2.93. The summed E-state index contributed by atoms with van der Waals surface area (Å²) in [4.78, 5) is 22.2. The monoisotopic (exact) mass is 206 g/mol. The molecule has 12 heavy (non-hydrogen) atoms. The summed E-state index contributed by atoms with van der Waals surface area (Å²) in [6.45, 7) is 1.98. The standard InChI is InChI=1S/C7H10O3S2/c1-4-11-3-5(8)6(12-4)7(9)10-2/h4,6H,3H2,1-2H3.